The molecule has 0 saturated heterocycles. The van der Waals surface area contributed by atoms with E-state index in [-0.39, 0.29) is 0 Å². The summed E-state index contributed by atoms with van der Waals surface area (Å²) in [5.74, 6) is 0.510. The lowest BCUT2D eigenvalue weighted by Crippen LogP contribution is -2.04. The number of benzene rings is 1. The molecule has 2 aromatic heterocycles. The maximum atomic E-state index is 12.5. The first-order valence-electron chi connectivity index (χ1n) is 5.94. The topological polar surface area (TPSA) is 41.6 Å². The van der Waals surface area contributed by atoms with Crippen LogP contribution in [-0.2, 0) is 6.18 Å². The minimum atomic E-state index is -4.33. The van der Waals surface area contributed by atoms with Gasteiger partial charge in [-0.25, -0.2) is 9.97 Å². The Morgan fingerprint density at radius 1 is 1.05 bits per heavy atom. The van der Waals surface area contributed by atoms with Gasteiger partial charge in [0.1, 0.15) is 5.82 Å². The number of hydrogen-bond acceptors (Lipinski definition) is 2. The third-order valence-corrected chi connectivity index (χ3v) is 3.09. The van der Waals surface area contributed by atoms with Crippen molar-refractivity contribution >= 4 is 11.2 Å². The third-order valence-electron chi connectivity index (χ3n) is 3.09. The van der Waals surface area contributed by atoms with Gasteiger partial charge in [-0.1, -0.05) is 12.1 Å². The number of nitrogens with one attached hydrogen (secondary N) is 1. The Balaban J connectivity index is 2.05. The average molecular weight is 277 g/mol. The van der Waals surface area contributed by atoms with Crippen molar-refractivity contribution in [3.63, 3.8) is 0 Å². The van der Waals surface area contributed by atoms with Gasteiger partial charge in [-0.2, -0.15) is 13.2 Å². The average Bonchev–Trinajstić information content (AvgIpc) is 2.83. The Kier molecular flexibility index (Phi) is 2.74. The fraction of sp³-hybridized carbons (Fsp3) is 0.143. The van der Waals surface area contributed by atoms with Crippen LogP contribution in [0.1, 0.15) is 11.1 Å². The molecule has 0 spiro atoms. The zero-order valence-electron chi connectivity index (χ0n) is 10.5. The van der Waals surface area contributed by atoms with Crippen LogP contribution in [0.15, 0.2) is 36.5 Å². The van der Waals surface area contributed by atoms with Crippen molar-refractivity contribution in [2.45, 2.75) is 13.1 Å². The molecule has 3 rings (SSSR count). The first kappa shape index (κ1) is 12.7. The molecule has 0 fully saturated rings. The number of rotatable bonds is 1. The van der Waals surface area contributed by atoms with Gasteiger partial charge in [0.05, 0.1) is 11.1 Å². The van der Waals surface area contributed by atoms with Crippen LogP contribution < -0.4 is 0 Å². The number of aromatic amines is 1. The predicted octanol–water partition coefficient (Wildman–Crippen LogP) is 3.95. The molecule has 3 nitrogen and oxygen atoms in total. The van der Waals surface area contributed by atoms with E-state index >= 15 is 0 Å². The fourth-order valence-corrected chi connectivity index (χ4v) is 1.99. The summed E-state index contributed by atoms with van der Waals surface area (Å²) in [5, 5.41) is 0. The molecule has 0 saturated carbocycles. The number of imidazole rings is 1. The minimum Gasteiger partial charge on any atom is -0.336 e. The molecule has 1 N–H and O–H groups in total. The molecule has 3 aromatic rings. The Bertz CT molecular complexity index is 757. The van der Waals surface area contributed by atoms with E-state index in [0.717, 1.165) is 23.2 Å². The third kappa shape index (κ3) is 2.13. The lowest BCUT2D eigenvalue weighted by Gasteiger charge is -2.06. The summed E-state index contributed by atoms with van der Waals surface area (Å²) in [6.45, 7) is 1.92. The number of aryl methyl sites for hydroxylation is 1. The maximum Gasteiger partial charge on any atom is 0.416 e. The Hall–Kier alpha value is -2.37. The lowest BCUT2D eigenvalue weighted by atomic mass is 10.1. The number of fused-ring (bicyclic) bond motifs is 1. The minimum absolute atomic E-state index is 0.510. The molecular weight excluding hydrogens is 267 g/mol. The standard InChI is InChI=1S/C14H10F3N3/c1-8-6-7-18-13-11(8)19-12(20-13)9-2-4-10(5-3-9)14(15,16)17/h2-7H,1H3,(H,18,19,20). The van der Waals surface area contributed by atoms with Crippen LogP contribution in [0.3, 0.4) is 0 Å². The second-order valence-corrected chi connectivity index (χ2v) is 4.49. The van der Waals surface area contributed by atoms with Crippen LogP contribution >= 0.6 is 0 Å². The molecule has 20 heavy (non-hydrogen) atoms. The predicted molar refractivity (Wildman–Crippen MR) is 69.1 cm³/mol. The van der Waals surface area contributed by atoms with Crippen LogP contribution in [0.2, 0.25) is 0 Å². The zero-order valence-corrected chi connectivity index (χ0v) is 10.5. The van der Waals surface area contributed by atoms with E-state index in [1.807, 2.05) is 13.0 Å². The van der Waals surface area contributed by atoms with Crippen molar-refractivity contribution in [1.82, 2.24) is 15.0 Å². The number of hydrogen-bond donors (Lipinski definition) is 1. The first-order chi connectivity index (χ1) is 9.45. The molecule has 0 amide bonds. The normalized spacial score (nSPS) is 12.0. The van der Waals surface area contributed by atoms with Crippen molar-refractivity contribution in [3.8, 4) is 11.4 Å². The molecule has 0 atom stereocenters. The maximum absolute atomic E-state index is 12.5. The molecule has 0 aliphatic heterocycles. The number of aromatic nitrogens is 3. The molecule has 102 valence electrons. The van der Waals surface area contributed by atoms with E-state index in [2.05, 4.69) is 15.0 Å². The Labute approximate surface area is 112 Å². The number of H-pyrrole nitrogens is 1. The van der Waals surface area contributed by atoms with Crippen LogP contribution in [0, 0.1) is 6.92 Å². The molecule has 6 heteroatoms. The summed E-state index contributed by atoms with van der Waals surface area (Å²) in [6, 6.07) is 6.73. The van der Waals surface area contributed by atoms with Crippen molar-refractivity contribution in [2.24, 2.45) is 0 Å². The van der Waals surface area contributed by atoms with E-state index in [4.69, 9.17) is 0 Å². The van der Waals surface area contributed by atoms with Crippen LogP contribution in [0.4, 0.5) is 13.2 Å². The van der Waals surface area contributed by atoms with E-state index in [1.165, 1.54) is 12.1 Å². The molecule has 1 aromatic carbocycles. The van der Waals surface area contributed by atoms with E-state index < -0.39 is 11.7 Å². The lowest BCUT2D eigenvalue weighted by molar-refractivity contribution is -0.137. The van der Waals surface area contributed by atoms with Crippen LogP contribution in [-0.4, -0.2) is 15.0 Å². The van der Waals surface area contributed by atoms with Crippen molar-refractivity contribution in [2.75, 3.05) is 0 Å². The number of alkyl halides is 3. The number of nitrogens with zero attached hydrogens (tertiary/aromatic N) is 2. The Morgan fingerprint density at radius 2 is 1.75 bits per heavy atom. The van der Waals surface area contributed by atoms with Gasteiger partial charge in [-0.05, 0) is 30.7 Å². The molecule has 0 aliphatic rings. The largest absolute Gasteiger partial charge is 0.416 e. The number of pyridine rings is 1. The monoisotopic (exact) mass is 277 g/mol. The summed E-state index contributed by atoms with van der Waals surface area (Å²) in [4.78, 5) is 11.5. The second kappa shape index (κ2) is 4.33. The molecule has 0 bridgehead atoms. The van der Waals surface area contributed by atoms with Gasteiger partial charge >= 0.3 is 6.18 Å². The highest BCUT2D eigenvalue weighted by molar-refractivity contribution is 5.78. The van der Waals surface area contributed by atoms with Crippen LogP contribution in [0.25, 0.3) is 22.6 Å². The summed E-state index contributed by atoms with van der Waals surface area (Å²) < 4.78 is 37.5. The highest BCUT2D eigenvalue weighted by Gasteiger charge is 2.30. The van der Waals surface area contributed by atoms with Gasteiger partial charge in [0.25, 0.3) is 0 Å². The van der Waals surface area contributed by atoms with Gasteiger partial charge in [-0.3, -0.25) is 0 Å². The summed E-state index contributed by atoms with van der Waals surface area (Å²) in [5.41, 5.74) is 2.25. The quantitative estimate of drug-likeness (QED) is 0.731. The molecule has 2 heterocycles. The highest BCUT2D eigenvalue weighted by atomic mass is 19.4. The van der Waals surface area contributed by atoms with Crippen molar-refractivity contribution < 1.29 is 13.2 Å². The van der Waals surface area contributed by atoms with Gasteiger partial charge in [0, 0.05) is 11.8 Å². The van der Waals surface area contributed by atoms with Gasteiger partial charge in [0.15, 0.2) is 5.65 Å². The van der Waals surface area contributed by atoms with E-state index in [9.17, 15) is 13.2 Å². The fourth-order valence-electron chi connectivity index (χ4n) is 1.99. The van der Waals surface area contributed by atoms with Gasteiger partial charge in [0.2, 0.25) is 0 Å². The summed E-state index contributed by atoms with van der Waals surface area (Å²) in [7, 11) is 0. The molecular formula is C14H10F3N3. The van der Waals surface area contributed by atoms with E-state index in [1.54, 1.807) is 6.20 Å². The zero-order chi connectivity index (χ0) is 14.3. The van der Waals surface area contributed by atoms with Crippen molar-refractivity contribution in [1.29, 1.82) is 0 Å². The smallest absolute Gasteiger partial charge is 0.336 e. The summed E-state index contributed by atoms with van der Waals surface area (Å²) in [6.07, 6.45) is -2.68. The van der Waals surface area contributed by atoms with Crippen molar-refractivity contribution in [3.05, 3.63) is 47.7 Å². The van der Waals surface area contributed by atoms with E-state index in [0.29, 0.717) is 17.0 Å². The molecule has 0 unspecified atom stereocenters. The summed E-state index contributed by atoms with van der Waals surface area (Å²) >= 11 is 0. The van der Waals surface area contributed by atoms with Crippen LogP contribution in [0.5, 0.6) is 0 Å². The van der Waals surface area contributed by atoms with Gasteiger partial charge in [-0.15, -0.1) is 0 Å². The first-order valence-corrected chi connectivity index (χ1v) is 5.94. The van der Waals surface area contributed by atoms with Gasteiger partial charge < -0.3 is 4.98 Å². The second-order valence-electron chi connectivity index (χ2n) is 4.49. The highest BCUT2D eigenvalue weighted by Crippen LogP contribution is 2.30. The molecule has 0 aliphatic carbocycles. The number of halogens is 3. The Morgan fingerprint density at radius 3 is 2.35 bits per heavy atom. The SMILES string of the molecule is Cc1ccnc2nc(-c3ccc(C(F)(F)F)cc3)[nH]c12. The molecule has 0 radical (unpaired) electrons.